The average molecular weight is 1550 g/mol. The number of likely N-dealkylation sites (N-methyl/N-ethyl adjacent to an activating group) is 6. The number of benzene rings is 6. The molecule has 0 aliphatic carbocycles. The molecule has 608 valence electrons. The lowest BCUT2D eigenvalue weighted by molar-refractivity contribution is -0.130. The minimum absolute atomic E-state index is 0.00448. The van der Waals surface area contributed by atoms with Crippen molar-refractivity contribution in [3.8, 4) is 34.5 Å². The summed E-state index contributed by atoms with van der Waals surface area (Å²) in [6, 6.07) is 44.1. The van der Waals surface area contributed by atoms with Crippen molar-refractivity contribution >= 4 is 35.4 Å². The minimum Gasteiger partial charge on any atom is -0.493 e. The van der Waals surface area contributed by atoms with Gasteiger partial charge in [-0.2, -0.15) is 0 Å². The highest BCUT2D eigenvalue weighted by Gasteiger charge is 2.48. The lowest BCUT2D eigenvalue weighted by atomic mass is 9.90. The van der Waals surface area contributed by atoms with Crippen molar-refractivity contribution in [1.82, 2.24) is 61.3 Å². The summed E-state index contributed by atoms with van der Waals surface area (Å²) in [5.74, 6) is 3.46. The molecular weight excluding hydrogens is 1430 g/mol. The van der Waals surface area contributed by atoms with Crippen LogP contribution in [-0.2, 0) is 72.0 Å². The summed E-state index contributed by atoms with van der Waals surface area (Å²) in [6.07, 6.45) is 2.84. The lowest BCUT2D eigenvalue weighted by Crippen LogP contribution is -2.48. The number of ether oxygens (including phenoxy) is 7. The first-order chi connectivity index (χ1) is 53.2. The van der Waals surface area contributed by atoms with E-state index in [1.165, 1.54) is 0 Å². The van der Waals surface area contributed by atoms with Gasteiger partial charge in [0, 0.05) is 42.3 Å². The predicted molar refractivity (Wildman–Crippen MR) is 432 cm³/mol. The van der Waals surface area contributed by atoms with Gasteiger partial charge in [0.2, 0.25) is 35.4 Å². The molecule has 6 aromatic carbocycles. The zero-order valence-corrected chi connectivity index (χ0v) is 69.2. The monoisotopic (exact) mass is 1550 g/mol. The molecule has 6 heterocycles. The van der Waals surface area contributed by atoms with Crippen LogP contribution in [0, 0.1) is 10.8 Å². The first-order valence-electron chi connectivity index (χ1n) is 39.4. The third-order valence-corrected chi connectivity index (χ3v) is 24.2. The van der Waals surface area contributed by atoms with Crippen LogP contribution in [0.2, 0.25) is 0 Å². The normalized spacial score (nSPS) is 23.0. The fourth-order valence-electron chi connectivity index (χ4n) is 15.5. The molecule has 12 rings (SSSR count). The van der Waals surface area contributed by atoms with Gasteiger partial charge in [-0.3, -0.25) is 60.7 Å². The van der Waals surface area contributed by atoms with E-state index in [2.05, 4.69) is 31.9 Å². The van der Waals surface area contributed by atoms with Crippen molar-refractivity contribution in [2.75, 3.05) is 95.1 Å². The van der Waals surface area contributed by atoms with Gasteiger partial charge >= 0.3 is 0 Å². The van der Waals surface area contributed by atoms with E-state index in [0.717, 1.165) is 33.4 Å². The molecule has 113 heavy (non-hydrogen) atoms. The average Bonchev–Trinajstić information content (AvgIpc) is 1.67. The molecule has 0 unspecified atom stereocenters. The first-order valence-corrected chi connectivity index (χ1v) is 39.4. The number of carbonyl (C=O) groups is 6. The smallest absolute Gasteiger partial charge is 0.241 e. The molecule has 25 nitrogen and oxygen atoms in total. The van der Waals surface area contributed by atoms with Crippen LogP contribution in [0.1, 0.15) is 116 Å². The molecule has 0 bridgehead atoms. The molecule has 6 fully saturated rings. The second-order valence-electron chi connectivity index (χ2n) is 35.2. The summed E-state index contributed by atoms with van der Waals surface area (Å²) in [5, 5.41) is 20.9. The maximum atomic E-state index is 13.4. The van der Waals surface area contributed by atoms with Crippen molar-refractivity contribution in [2.45, 2.75) is 192 Å². The topological polar surface area (TPSA) is 259 Å². The molecule has 6 atom stereocenters. The number of hydrogen-bond acceptors (Lipinski definition) is 19. The Morgan fingerprint density at radius 2 is 0.372 bits per heavy atom. The fraction of sp³-hybridized carbons (Fsp3) is 0.523. The Labute approximate surface area is 666 Å². The molecule has 0 radical (unpaired) electrons. The lowest BCUT2D eigenvalue weighted by Gasteiger charge is -2.36. The van der Waals surface area contributed by atoms with Crippen molar-refractivity contribution in [1.29, 1.82) is 0 Å². The van der Waals surface area contributed by atoms with Gasteiger partial charge in [-0.1, -0.05) is 72.8 Å². The minimum atomic E-state index is -1.13. The van der Waals surface area contributed by atoms with E-state index >= 15 is 0 Å². The van der Waals surface area contributed by atoms with Crippen molar-refractivity contribution in [2.24, 2.45) is 10.8 Å². The van der Waals surface area contributed by atoms with E-state index in [-0.39, 0.29) is 88.3 Å². The highest BCUT2D eigenvalue weighted by Crippen LogP contribution is 2.35. The summed E-state index contributed by atoms with van der Waals surface area (Å²) in [4.78, 5) is 91.0. The highest BCUT2D eigenvalue weighted by atomic mass is 16.5. The number of rotatable bonds is 34. The number of hydrogen-bond donors (Lipinski definition) is 6. The Balaban J connectivity index is 0.884. The van der Waals surface area contributed by atoms with Gasteiger partial charge in [-0.15, -0.1) is 0 Å². The van der Waals surface area contributed by atoms with Gasteiger partial charge in [0.1, 0.15) is 74.1 Å². The maximum Gasteiger partial charge on any atom is 0.241 e. The van der Waals surface area contributed by atoms with Crippen LogP contribution in [0.5, 0.6) is 34.5 Å². The van der Waals surface area contributed by atoms with Gasteiger partial charge in [-0.05, 0) is 228 Å². The Bertz CT molecular complexity index is 3660. The SMILES string of the molecule is CN1C(=O)[C@H](Cc2ccc(OCC(COCC(COc3ccc(C[C@@H]4NC(C)(C)N(C)C4=O)cc3)(COc3ccc(C[C@@H]4NC(C)(C)N(C)C4=O)cc3)COc3ccc(C[C@@H]4NC(C)(C)N(C)C4=O)cc3)(COc3ccc(C[C@@H]4NC(C)(C)N(C)C4=O)cc3)COc3ccc(C[C@@H]4NC(C)(C)N(C)C4=O)cc3)cc2)NC1(C)C. The quantitative estimate of drug-likeness (QED) is 0.0226. The van der Waals surface area contributed by atoms with E-state index in [0.29, 0.717) is 73.0 Å². The van der Waals surface area contributed by atoms with E-state index in [1.807, 2.05) is 271 Å². The van der Waals surface area contributed by atoms with E-state index in [1.54, 1.807) is 29.4 Å². The summed E-state index contributed by atoms with van der Waals surface area (Å²) in [5.41, 5.74) is 0.404. The molecule has 6 saturated heterocycles. The summed E-state index contributed by atoms with van der Waals surface area (Å²) < 4.78 is 49.1. The Morgan fingerprint density at radius 3 is 0.487 bits per heavy atom. The van der Waals surface area contributed by atoms with Crippen molar-refractivity contribution in [3.05, 3.63) is 179 Å². The van der Waals surface area contributed by atoms with Crippen molar-refractivity contribution < 1.29 is 61.9 Å². The zero-order valence-electron chi connectivity index (χ0n) is 69.2. The van der Waals surface area contributed by atoms with E-state index < -0.39 is 81.1 Å². The van der Waals surface area contributed by atoms with Crippen LogP contribution < -0.4 is 60.3 Å². The van der Waals surface area contributed by atoms with Crippen LogP contribution in [0.15, 0.2) is 146 Å². The molecule has 0 aromatic heterocycles. The number of amides is 6. The fourth-order valence-corrected chi connectivity index (χ4v) is 15.5. The predicted octanol–water partition coefficient (Wildman–Crippen LogP) is 7.70. The van der Waals surface area contributed by atoms with Crippen LogP contribution in [0.4, 0.5) is 0 Å². The molecular formula is C88H118N12O13. The van der Waals surface area contributed by atoms with Crippen molar-refractivity contribution in [3.63, 3.8) is 0 Å². The molecule has 0 spiro atoms. The zero-order chi connectivity index (χ0) is 81.4. The molecule has 6 aliphatic rings. The van der Waals surface area contributed by atoms with Gasteiger partial charge in [0.15, 0.2) is 0 Å². The maximum absolute atomic E-state index is 13.4. The second-order valence-corrected chi connectivity index (χ2v) is 35.2. The van der Waals surface area contributed by atoms with E-state index in [9.17, 15) is 28.8 Å². The molecule has 6 N–H and O–H groups in total. The van der Waals surface area contributed by atoms with Gasteiger partial charge < -0.3 is 62.6 Å². The standard InChI is InChI=1S/C88H118N12O13/c1-81(2)89-69(75(101)95(81)13)43-57-19-31-63(32-20-57)108-51-87(52-109-64-33-21-58(22-34-64)44-70-76(102)96(14)82(3,4)90-70,53-110-65-35-23-59(24-36-65)45-71-77(103)97(15)83(5,6)91-71)49-107-50-88(54-111-66-37-25-60(26-38-66)46-72-78(104)98(16)84(7,8)92-72,55-112-67-39-27-61(28-40-67)47-73-79(105)99(17)85(9,10)93-73)56-113-68-41-29-62(30-42-68)48-74-80(106)100(18)86(11,12)94-74/h19-42,69-74,89-94H,43-56H2,1-18H3/t69-,70-,71-,72-,73-,74-/m0/s1. The Kier molecular flexibility index (Phi) is 24.2. The molecule has 6 aromatic rings. The number of nitrogens with zero attached hydrogens (tertiary/aromatic N) is 6. The van der Waals surface area contributed by atoms with Gasteiger partial charge in [0.25, 0.3) is 0 Å². The Hall–Kier alpha value is -9.34. The number of nitrogens with one attached hydrogen (secondary N) is 6. The third-order valence-electron chi connectivity index (χ3n) is 24.2. The van der Waals surface area contributed by atoms with Gasteiger partial charge in [-0.25, -0.2) is 0 Å². The molecule has 6 aliphatic heterocycles. The summed E-state index contributed by atoms with van der Waals surface area (Å²) in [6.45, 7) is 23.8. The first kappa shape index (κ1) is 83.1. The van der Waals surface area contributed by atoms with Crippen LogP contribution >= 0.6 is 0 Å². The third kappa shape index (κ3) is 19.2. The Morgan fingerprint density at radius 1 is 0.239 bits per heavy atom. The van der Waals surface area contributed by atoms with Crippen LogP contribution in [-0.4, -0.2) is 230 Å². The van der Waals surface area contributed by atoms with Crippen LogP contribution in [0.3, 0.4) is 0 Å². The second kappa shape index (κ2) is 32.9. The number of carbonyl (C=O) groups excluding carboxylic acids is 6. The van der Waals surface area contributed by atoms with Crippen LogP contribution in [0.25, 0.3) is 0 Å². The summed E-state index contributed by atoms with van der Waals surface area (Å²) >= 11 is 0. The van der Waals surface area contributed by atoms with E-state index in [4.69, 9.17) is 33.2 Å². The molecule has 25 heteroatoms. The highest BCUT2D eigenvalue weighted by molar-refractivity contribution is 5.88. The summed E-state index contributed by atoms with van der Waals surface area (Å²) in [7, 11) is 10.9. The van der Waals surface area contributed by atoms with Gasteiger partial charge in [0.05, 0.1) is 94.3 Å². The molecule has 6 amide bonds. The molecule has 0 saturated carbocycles. The largest absolute Gasteiger partial charge is 0.493 e.